The summed E-state index contributed by atoms with van der Waals surface area (Å²) in [5, 5.41) is 0. The molecule has 0 aromatic rings. The molecule has 2 nitrogen and oxygen atoms in total. The van der Waals surface area contributed by atoms with Crippen molar-refractivity contribution in [3.8, 4) is 11.8 Å². The summed E-state index contributed by atoms with van der Waals surface area (Å²) in [6, 6.07) is 0. The Kier molecular flexibility index (Phi) is 2.65. The Bertz CT molecular complexity index is 350. The van der Waals surface area contributed by atoms with Crippen molar-refractivity contribution >= 4 is 5.97 Å². The van der Waals surface area contributed by atoms with E-state index in [1.54, 1.807) is 0 Å². The molecule has 0 atom stereocenters. The number of esters is 1. The van der Waals surface area contributed by atoms with Crippen LogP contribution in [0.5, 0.6) is 0 Å². The maximum atomic E-state index is 11.0. The van der Waals surface area contributed by atoms with E-state index >= 15 is 0 Å². The summed E-state index contributed by atoms with van der Waals surface area (Å²) >= 11 is 0. The summed E-state index contributed by atoms with van der Waals surface area (Å²) in [6.45, 7) is 0. The Morgan fingerprint density at radius 1 is 1.18 bits per heavy atom. The van der Waals surface area contributed by atoms with Crippen LogP contribution in [0.3, 0.4) is 0 Å². The van der Waals surface area contributed by atoms with Crippen molar-refractivity contribution in [2.75, 3.05) is 7.11 Å². The number of carbonyl (C=O) groups excluding carboxylic acids is 1. The van der Waals surface area contributed by atoms with E-state index in [9.17, 15) is 4.79 Å². The van der Waals surface area contributed by atoms with E-state index in [2.05, 4.69) is 16.6 Å². The lowest BCUT2D eigenvalue weighted by Crippen LogP contribution is -2.45. The minimum atomic E-state index is -0.394. The van der Waals surface area contributed by atoms with Crippen LogP contribution in [0, 0.1) is 35.0 Å². The van der Waals surface area contributed by atoms with Gasteiger partial charge in [0, 0.05) is 12.3 Å². The fraction of sp³-hybridized carbons (Fsp3) is 0.800. The van der Waals surface area contributed by atoms with Gasteiger partial charge in [-0.25, -0.2) is 4.79 Å². The van der Waals surface area contributed by atoms with Crippen molar-refractivity contribution in [1.29, 1.82) is 0 Å². The number of methoxy groups -OCH3 is 1. The molecule has 0 heterocycles. The van der Waals surface area contributed by atoms with Gasteiger partial charge in [-0.3, -0.25) is 0 Å². The minimum absolute atomic E-state index is 0.394. The molecule has 2 heteroatoms. The standard InChI is InChI=1S/C15H20O2/c1-17-14(16)3-2-4-15-8-11-5-12(9-15)7-13(6-11)10-15/h11-13H,4-10H2,1H3. The molecular formula is C15H20O2. The van der Waals surface area contributed by atoms with E-state index in [0.29, 0.717) is 5.41 Å². The van der Waals surface area contributed by atoms with Crippen molar-refractivity contribution < 1.29 is 9.53 Å². The van der Waals surface area contributed by atoms with Crippen LogP contribution in [0.4, 0.5) is 0 Å². The number of rotatable bonds is 1. The predicted octanol–water partition coefficient (Wildman–Crippen LogP) is 2.77. The average Bonchev–Trinajstić information content (AvgIpc) is 2.26. The first-order valence-corrected chi connectivity index (χ1v) is 6.76. The van der Waals surface area contributed by atoms with Crippen LogP contribution >= 0.6 is 0 Å². The molecule has 4 aliphatic carbocycles. The van der Waals surface area contributed by atoms with E-state index < -0.39 is 5.97 Å². The quantitative estimate of drug-likeness (QED) is 0.395. The van der Waals surface area contributed by atoms with Crippen molar-refractivity contribution in [1.82, 2.24) is 0 Å². The zero-order valence-corrected chi connectivity index (χ0v) is 10.5. The van der Waals surface area contributed by atoms with Gasteiger partial charge < -0.3 is 4.74 Å². The lowest BCUT2D eigenvalue weighted by atomic mass is 9.49. The Morgan fingerprint density at radius 3 is 2.18 bits per heavy atom. The molecule has 4 rings (SSSR count). The highest BCUT2D eigenvalue weighted by atomic mass is 16.5. The molecular weight excluding hydrogens is 212 g/mol. The van der Waals surface area contributed by atoms with E-state index in [1.165, 1.54) is 45.6 Å². The predicted molar refractivity (Wildman–Crippen MR) is 65.0 cm³/mol. The zero-order valence-electron chi connectivity index (χ0n) is 10.5. The van der Waals surface area contributed by atoms with Gasteiger partial charge in [-0.15, -0.1) is 0 Å². The molecule has 0 aromatic heterocycles. The Hall–Kier alpha value is -0.970. The molecule has 4 fully saturated rings. The topological polar surface area (TPSA) is 26.3 Å². The highest BCUT2D eigenvalue weighted by Gasteiger charge is 2.50. The van der Waals surface area contributed by atoms with Crippen LogP contribution in [-0.4, -0.2) is 13.1 Å². The Morgan fingerprint density at radius 2 is 1.71 bits per heavy atom. The van der Waals surface area contributed by atoms with Gasteiger partial charge >= 0.3 is 5.97 Å². The van der Waals surface area contributed by atoms with Gasteiger partial charge in [-0.05, 0) is 61.7 Å². The van der Waals surface area contributed by atoms with Crippen molar-refractivity contribution in [3.05, 3.63) is 0 Å². The largest absolute Gasteiger partial charge is 0.459 e. The lowest BCUT2D eigenvalue weighted by Gasteiger charge is -2.56. The molecule has 17 heavy (non-hydrogen) atoms. The van der Waals surface area contributed by atoms with Crippen LogP contribution in [0.2, 0.25) is 0 Å². The molecule has 4 saturated carbocycles. The third-order valence-electron chi connectivity index (χ3n) is 5.00. The second-order valence-corrected chi connectivity index (χ2v) is 6.39. The van der Waals surface area contributed by atoms with Crippen LogP contribution in [-0.2, 0) is 9.53 Å². The highest BCUT2D eigenvalue weighted by Crippen LogP contribution is 2.61. The first-order chi connectivity index (χ1) is 8.19. The summed E-state index contributed by atoms with van der Waals surface area (Å²) in [7, 11) is 1.39. The molecule has 0 radical (unpaired) electrons. The maximum Gasteiger partial charge on any atom is 0.384 e. The van der Waals surface area contributed by atoms with Gasteiger partial charge in [-0.1, -0.05) is 5.92 Å². The van der Waals surface area contributed by atoms with E-state index in [-0.39, 0.29) is 0 Å². The average molecular weight is 232 g/mol. The monoisotopic (exact) mass is 232 g/mol. The summed E-state index contributed by atoms with van der Waals surface area (Å²) in [4.78, 5) is 11.0. The SMILES string of the molecule is COC(=O)C#CCC12CC3CC(CC(C3)C1)C2. The zero-order chi connectivity index (χ0) is 11.9. The molecule has 0 spiro atoms. The Balaban J connectivity index is 1.69. The number of ether oxygens (including phenoxy) is 1. The lowest BCUT2D eigenvalue weighted by molar-refractivity contribution is -0.133. The summed E-state index contributed by atoms with van der Waals surface area (Å²) in [5.74, 6) is 8.15. The Labute approximate surface area is 103 Å². The van der Waals surface area contributed by atoms with Gasteiger partial charge in [0.05, 0.1) is 7.11 Å². The third-order valence-corrected chi connectivity index (χ3v) is 5.00. The fourth-order valence-electron chi connectivity index (χ4n) is 4.86. The molecule has 0 N–H and O–H groups in total. The first kappa shape index (κ1) is 11.1. The van der Waals surface area contributed by atoms with E-state index in [4.69, 9.17) is 0 Å². The molecule has 0 unspecified atom stereocenters. The normalized spacial score (nSPS) is 41.8. The molecule has 0 saturated heterocycles. The van der Waals surface area contributed by atoms with Crippen LogP contribution in [0.15, 0.2) is 0 Å². The van der Waals surface area contributed by atoms with Crippen LogP contribution in [0.25, 0.3) is 0 Å². The summed E-state index contributed by atoms with van der Waals surface area (Å²) in [6.07, 6.45) is 9.36. The van der Waals surface area contributed by atoms with E-state index in [0.717, 1.165) is 24.2 Å². The summed E-state index contributed by atoms with van der Waals surface area (Å²) < 4.78 is 4.56. The molecule has 0 aromatic carbocycles. The highest BCUT2D eigenvalue weighted by molar-refractivity contribution is 5.88. The molecule has 0 amide bonds. The van der Waals surface area contributed by atoms with Gasteiger partial charge in [0.1, 0.15) is 0 Å². The van der Waals surface area contributed by atoms with Gasteiger partial charge in [-0.2, -0.15) is 0 Å². The van der Waals surface area contributed by atoms with Crippen LogP contribution < -0.4 is 0 Å². The number of carbonyl (C=O) groups is 1. The maximum absolute atomic E-state index is 11.0. The third kappa shape index (κ3) is 2.08. The van der Waals surface area contributed by atoms with E-state index in [1.807, 2.05) is 0 Å². The van der Waals surface area contributed by atoms with Crippen LogP contribution in [0.1, 0.15) is 44.9 Å². The number of hydrogen-bond donors (Lipinski definition) is 0. The fourth-order valence-corrected chi connectivity index (χ4v) is 4.86. The van der Waals surface area contributed by atoms with Crippen molar-refractivity contribution in [2.24, 2.45) is 23.2 Å². The van der Waals surface area contributed by atoms with Crippen molar-refractivity contribution in [3.63, 3.8) is 0 Å². The second-order valence-electron chi connectivity index (χ2n) is 6.39. The van der Waals surface area contributed by atoms with Crippen molar-refractivity contribution in [2.45, 2.75) is 44.9 Å². The van der Waals surface area contributed by atoms with Gasteiger partial charge in [0.25, 0.3) is 0 Å². The van der Waals surface area contributed by atoms with Gasteiger partial charge in [0.15, 0.2) is 0 Å². The number of hydrogen-bond acceptors (Lipinski definition) is 2. The molecule has 92 valence electrons. The van der Waals surface area contributed by atoms with Gasteiger partial charge in [0.2, 0.25) is 0 Å². The molecule has 4 bridgehead atoms. The summed E-state index contributed by atoms with van der Waals surface area (Å²) in [5.41, 5.74) is 0.454. The molecule has 0 aliphatic heterocycles. The first-order valence-electron chi connectivity index (χ1n) is 6.76. The second kappa shape index (κ2) is 4.05. The molecule has 4 aliphatic rings. The smallest absolute Gasteiger partial charge is 0.384 e. The minimum Gasteiger partial charge on any atom is -0.459 e.